The smallest absolute Gasteiger partial charge is 0.224 e. The second-order valence-electron chi connectivity index (χ2n) is 6.68. The normalized spacial score (nSPS) is 23.3. The number of carbonyl (C=O) groups excluding carboxylic acids is 1. The maximum absolute atomic E-state index is 13.2. The van der Waals surface area contributed by atoms with E-state index in [4.69, 9.17) is 11.6 Å². The van der Waals surface area contributed by atoms with Crippen molar-refractivity contribution in [1.29, 1.82) is 0 Å². The van der Waals surface area contributed by atoms with Gasteiger partial charge in [0.1, 0.15) is 5.82 Å². The second-order valence-corrected chi connectivity index (χ2v) is 7.08. The first-order valence-electron chi connectivity index (χ1n) is 8.49. The van der Waals surface area contributed by atoms with Crippen molar-refractivity contribution in [3.8, 4) is 0 Å². The monoisotopic (exact) mass is 359 g/mol. The molecule has 4 nitrogen and oxygen atoms in total. The molecule has 2 aromatic rings. The van der Waals surface area contributed by atoms with Crippen LogP contribution in [0.2, 0.25) is 5.02 Å². The fourth-order valence-corrected chi connectivity index (χ4v) is 4.17. The van der Waals surface area contributed by atoms with Crippen molar-refractivity contribution in [1.82, 2.24) is 14.8 Å². The third kappa shape index (κ3) is 3.26. The Hall–Kier alpha value is -1.98. The summed E-state index contributed by atoms with van der Waals surface area (Å²) in [6, 6.07) is 10.7. The maximum atomic E-state index is 13.2. The molecular weight excluding hydrogens is 341 g/mol. The lowest BCUT2D eigenvalue weighted by atomic mass is 10.1. The molecule has 1 amide bonds. The zero-order valence-electron chi connectivity index (χ0n) is 13.7. The number of hydrogen-bond acceptors (Lipinski definition) is 3. The van der Waals surface area contributed by atoms with Crippen LogP contribution in [0.15, 0.2) is 42.6 Å². The quantitative estimate of drug-likeness (QED) is 0.840. The molecule has 130 valence electrons. The Balaban J connectivity index is 1.48. The molecule has 0 aliphatic carbocycles. The lowest BCUT2D eigenvalue weighted by Gasteiger charge is -2.25. The van der Waals surface area contributed by atoms with E-state index in [0.717, 1.165) is 30.8 Å². The summed E-state index contributed by atoms with van der Waals surface area (Å²) < 4.78 is 13.2. The molecule has 2 aliphatic rings. The van der Waals surface area contributed by atoms with Gasteiger partial charge in [0.2, 0.25) is 5.91 Å². The van der Waals surface area contributed by atoms with Crippen LogP contribution in [0.3, 0.4) is 0 Å². The Labute approximate surface area is 151 Å². The molecule has 4 rings (SSSR count). The van der Waals surface area contributed by atoms with E-state index in [9.17, 15) is 9.18 Å². The fraction of sp³-hybridized carbons (Fsp3) is 0.368. The number of likely N-dealkylation sites (tertiary alicyclic amines) is 2. The highest BCUT2D eigenvalue weighted by Gasteiger charge is 2.46. The zero-order chi connectivity index (χ0) is 17.4. The molecule has 1 aromatic heterocycles. The van der Waals surface area contributed by atoms with Gasteiger partial charge in [-0.3, -0.25) is 14.7 Å². The zero-order valence-corrected chi connectivity index (χ0v) is 14.5. The molecule has 2 atom stereocenters. The molecule has 6 heteroatoms. The van der Waals surface area contributed by atoms with E-state index in [1.54, 1.807) is 12.3 Å². The molecule has 0 unspecified atom stereocenters. The molecule has 0 bridgehead atoms. The molecule has 2 saturated heterocycles. The van der Waals surface area contributed by atoms with Crippen LogP contribution in [-0.4, -0.2) is 39.3 Å². The van der Waals surface area contributed by atoms with E-state index >= 15 is 0 Å². The summed E-state index contributed by atoms with van der Waals surface area (Å²) in [5, 5.41) is 0.375. The van der Waals surface area contributed by atoms with Gasteiger partial charge >= 0.3 is 0 Å². The highest BCUT2D eigenvalue weighted by molar-refractivity contribution is 6.31. The molecule has 2 aliphatic heterocycles. The first-order chi connectivity index (χ1) is 12.1. The number of benzene rings is 1. The van der Waals surface area contributed by atoms with Crippen molar-refractivity contribution in [2.45, 2.75) is 38.0 Å². The van der Waals surface area contributed by atoms with E-state index in [-0.39, 0.29) is 23.8 Å². The van der Waals surface area contributed by atoms with Gasteiger partial charge in [0, 0.05) is 49.4 Å². The molecule has 3 heterocycles. The van der Waals surface area contributed by atoms with Crippen LogP contribution in [0.4, 0.5) is 4.39 Å². The summed E-state index contributed by atoms with van der Waals surface area (Å²) in [6.45, 7) is 2.16. The van der Waals surface area contributed by atoms with Crippen molar-refractivity contribution >= 4 is 17.5 Å². The molecule has 25 heavy (non-hydrogen) atoms. The summed E-state index contributed by atoms with van der Waals surface area (Å²) in [6.07, 6.45) is 3.27. The van der Waals surface area contributed by atoms with E-state index in [1.165, 1.54) is 12.1 Å². The lowest BCUT2D eigenvalue weighted by Crippen LogP contribution is -2.36. The lowest BCUT2D eigenvalue weighted by molar-refractivity contribution is -0.129. The van der Waals surface area contributed by atoms with E-state index in [1.807, 2.05) is 23.1 Å². The molecule has 0 N–H and O–H groups in total. The van der Waals surface area contributed by atoms with Gasteiger partial charge in [0.15, 0.2) is 0 Å². The summed E-state index contributed by atoms with van der Waals surface area (Å²) in [5.74, 6) is -0.220. The average molecular weight is 360 g/mol. The molecule has 2 fully saturated rings. The van der Waals surface area contributed by atoms with Crippen LogP contribution in [0.1, 0.15) is 24.1 Å². The molecular formula is C19H19ClFN3O. The first kappa shape index (κ1) is 16.5. The van der Waals surface area contributed by atoms with Crippen LogP contribution >= 0.6 is 11.6 Å². The summed E-state index contributed by atoms with van der Waals surface area (Å²) in [5.41, 5.74) is 1.82. The van der Waals surface area contributed by atoms with Crippen LogP contribution in [0.5, 0.6) is 0 Å². The van der Waals surface area contributed by atoms with Gasteiger partial charge in [-0.1, -0.05) is 23.7 Å². The second kappa shape index (κ2) is 6.73. The number of halogens is 2. The third-order valence-electron chi connectivity index (χ3n) is 5.18. The summed E-state index contributed by atoms with van der Waals surface area (Å²) in [4.78, 5) is 21.2. The van der Waals surface area contributed by atoms with Gasteiger partial charge in [-0.05, 0) is 36.2 Å². The predicted octanol–water partition coefficient (Wildman–Crippen LogP) is 3.25. The number of fused-ring (bicyclic) bond motifs is 1. The van der Waals surface area contributed by atoms with Gasteiger partial charge in [-0.2, -0.15) is 0 Å². The number of aromatic nitrogens is 1. The minimum absolute atomic E-state index is 0.140. The van der Waals surface area contributed by atoms with E-state index in [0.29, 0.717) is 18.0 Å². The van der Waals surface area contributed by atoms with Crippen LogP contribution in [0.25, 0.3) is 0 Å². The topological polar surface area (TPSA) is 36.4 Å². The first-order valence-corrected chi connectivity index (χ1v) is 8.87. The van der Waals surface area contributed by atoms with Crippen molar-refractivity contribution in [3.05, 3.63) is 64.7 Å². The summed E-state index contributed by atoms with van der Waals surface area (Å²) >= 11 is 6.14. The molecule has 0 radical (unpaired) electrons. The molecule has 1 aromatic carbocycles. The van der Waals surface area contributed by atoms with Crippen molar-refractivity contribution in [3.63, 3.8) is 0 Å². The fourth-order valence-electron chi connectivity index (χ4n) is 3.94. The van der Waals surface area contributed by atoms with Crippen LogP contribution < -0.4 is 0 Å². The molecule has 0 saturated carbocycles. The predicted molar refractivity (Wildman–Crippen MR) is 93.4 cm³/mol. The number of nitrogens with zero attached hydrogens (tertiary/aromatic N) is 3. The number of amides is 1. The summed E-state index contributed by atoms with van der Waals surface area (Å²) in [7, 11) is 0. The minimum atomic E-state index is -0.359. The van der Waals surface area contributed by atoms with Gasteiger partial charge in [-0.15, -0.1) is 0 Å². The number of carbonyl (C=O) groups is 1. The highest BCUT2D eigenvalue weighted by Crippen LogP contribution is 2.35. The van der Waals surface area contributed by atoms with Gasteiger partial charge in [0.25, 0.3) is 0 Å². The van der Waals surface area contributed by atoms with Gasteiger partial charge < -0.3 is 4.90 Å². The average Bonchev–Trinajstić information content (AvgIpc) is 3.11. The SMILES string of the molecule is O=C1C[C@H]2[C@H](CCN2Cc2ccccn2)N1Cc1ccc(F)cc1Cl. The Morgan fingerprint density at radius 2 is 2.08 bits per heavy atom. The van der Waals surface area contributed by atoms with Gasteiger partial charge in [-0.25, -0.2) is 4.39 Å². The van der Waals surface area contributed by atoms with Crippen molar-refractivity contribution in [2.24, 2.45) is 0 Å². The minimum Gasteiger partial charge on any atom is -0.334 e. The Morgan fingerprint density at radius 1 is 1.20 bits per heavy atom. The Morgan fingerprint density at radius 3 is 2.84 bits per heavy atom. The standard InChI is InChI=1S/C19H19ClFN3O/c20-16-9-14(21)5-4-13(16)11-24-17-6-8-23(18(17)10-19(24)25)12-15-3-1-2-7-22-15/h1-5,7,9,17-18H,6,8,10-12H2/t17-,18-/m0/s1. The third-order valence-corrected chi connectivity index (χ3v) is 5.53. The van der Waals surface area contributed by atoms with Crippen LogP contribution in [0, 0.1) is 5.82 Å². The van der Waals surface area contributed by atoms with Crippen molar-refractivity contribution in [2.75, 3.05) is 6.54 Å². The number of rotatable bonds is 4. The van der Waals surface area contributed by atoms with E-state index in [2.05, 4.69) is 9.88 Å². The van der Waals surface area contributed by atoms with Crippen molar-refractivity contribution < 1.29 is 9.18 Å². The Kier molecular flexibility index (Phi) is 4.44. The number of hydrogen-bond donors (Lipinski definition) is 0. The highest BCUT2D eigenvalue weighted by atomic mass is 35.5. The Bertz CT molecular complexity index is 785. The number of pyridine rings is 1. The van der Waals surface area contributed by atoms with Gasteiger partial charge in [0.05, 0.1) is 5.69 Å². The molecule has 0 spiro atoms. The van der Waals surface area contributed by atoms with Crippen LogP contribution in [-0.2, 0) is 17.9 Å². The largest absolute Gasteiger partial charge is 0.334 e. The van der Waals surface area contributed by atoms with E-state index < -0.39 is 0 Å². The maximum Gasteiger partial charge on any atom is 0.224 e.